The summed E-state index contributed by atoms with van der Waals surface area (Å²) in [6, 6.07) is 5.84. The Hall–Kier alpha value is -1.55. The van der Waals surface area contributed by atoms with Gasteiger partial charge in [0, 0.05) is 12.3 Å². The second-order valence-electron chi connectivity index (χ2n) is 3.65. The first-order valence-corrected chi connectivity index (χ1v) is 5.81. The number of hydrogen-bond donors (Lipinski definition) is 0. The summed E-state index contributed by atoms with van der Waals surface area (Å²) in [5.41, 5.74) is 1.94. The minimum Gasteiger partial charge on any atom is -0.496 e. The Bertz CT molecular complexity index is 511. The Labute approximate surface area is 105 Å². The molecule has 17 heavy (non-hydrogen) atoms. The van der Waals surface area contributed by atoms with Crippen LogP contribution in [-0.2, 0) is 6.42 Å². The summed E-state index contributed by atoms with van der Waals surface area (Å²) in [4.78, 5) is 4.27. The van der Waals surface area contributed by atoms with Crippen molar-refractivity contribution in [2.24, 2.45) is 0 Å². The summed E-state index contributed by atoms with van der Waals surface area (Å²) in [6.07, 6.45) is 0.572. The van der Waals surface area contributed by atoms with E-state index in [4.69, 9.17) is 20.9 Å². The molecule has 0 amide bonds. The Morgan fingerprint density at radius 3 is 2.94 bits per heavy atom. The summed E-state index contributed by atoms with van der Waals surface area (Å²) < 4.78 is 10.4. The highest BCUT2D eigenvalue weighted by Gasteiger charge is 2.12. The van der Waals surface area contributed by atoms with E-state index in [-0.39, 0.29) is 0 Å². The third-order valence-electron chi connectivity index (χ3n) is 2.37. The first-order valence-electron chi connectivity index (χ1n) is 5.28. The monoisotopic (exact) mass is 252 g/mol. The molecule has 1 aromatic heterocycles. The average Bonchev–Trinajstić information content (AvgIpc) is 2.78. The van der Waals surface area contributed by atoms with Crippen LogP contribution in [0.5, 0.6) is 5.75 Å². The predicted molar refractivity (Wildman–Crippen MR) is 65.4 cm³/mol. The Kier molecular flexibility index (Phi) is 3.64. The fourth-order valence-corrected chi connectivity index (χ4v) is 1.69. The highest BCUT2D eigenvalue weighted by atomic mass is 35.5. The second-order valence-corrected chi connectivity index (χ2v) is 4.03. The fourth-order valence-electron chi connectivity index (χ4n) is 1.53. The van der Waals surface area contributed by atoms with E-state index >= 15 is 0 Å². The molecule has 0 fully saturated rings. The van der Waals surface area contributed by atoms with Crippen LogP contribution in [0.2, 0.25) is 0 Å². The van der Waals surface area contributed by atoms with Crippen molar-refractivity contribution in [3.05, 3.63) is 29.7 Å². The van der Waals surface area contributed by atoms with Gasteiger partial charge < -0.3 is 9.26 Å². The van der Waals surface area contributed by atoms with Gasteiger partial charge in [0.05, 0.1) is 12.7 Å². The zero-order chi connectivity index (χ0) is 12.3. The second kappa shape index (κ2) is 5.19. The number of hydrogen-bond acceptors (Lipinski definition) is 4. The molecule has 0 aliphatic rings. The van der Waals surface area contributed by atoms with Crippen LogP contribution in [0.3, 0.4) is 0 Å². The fraction of sp³-hybridized carbons (Fsp3) is 0.333. The normalized spacial score (nSPS) is 10.5. The lowest BCUT2D eigenvalue weighted by Gasteiger charge is -2.05. The van der Waals surface area contributed by atoms with E-state index in [0.29, 0.717) is 24.0 Å². The largest absolute Gasteiger partial charge is 0.496 e. The molecule has 0 aliphatic heterocycles. The molecular weight excluding hydrogens is 240 g/mol. The maximum Gasteiger partial charge on any atom is 0.228 e. The van der Waals surface area contributed by atoms with Gasteiger partial charge in [-0.1, -0.05) is 11.2 Å². The van der Waals surface area contributed by atoms with Crippen LogP contribution >= 0.6 is 11.6 Å². The van der Waals surface area contributed by atoms with Gasteiger partial charge in [0.25, 0.3) is 0 Å². The van der Waals surface area contributed by atoms with Crippen LogP contribution in [0.1, 0.15) is 11.5 Å². The minimum absolute atomic E-state index is 0.465. The van der Waals surface area contributed by atoms with E-state index in [9.17, 15) is 0 Å². The molecule has 0 aliphatic carbocycles. The van der Waals surface area contributed by atoms with Gasteiger partial charge in [0.15, 0.2) is 0 Å². The van der Waals surface area contributed by atoms with E-state index in [1.807, 2.05) is 25.1 Å². The highest BCUT2D eigenvalue weighted by molar-refractivity contribution is 6.17. The topological polar surface area (TPSA) is 48.2 Å². The maximum absolute atomic E-state index is 5.62. The lowest BCUT2D eigenvalue weighted by molar-refractivity contribution is 0.382. The Morgan fingerprint density at radius 1 is 1.41 bits per heavy atom. The zero-order valence-corrected chi connectivity index (χ0v) is 10.5. The van der Waals surface area contributed by atoms with E-state index in [2.05, 4.69) is 10.1 Å². The van der Waals surface area contributed by atoms with Gasteiger partial charge in [-0.3, -0.25) is 0 Å². The SMILES string of the molecule is COc1cc(C)ccc1-c1noc(CCCl)n1. The quantitative estimate of drug-likeness (QED) is 0.785. The van der Waals surface area contributed by atoms with Crippen LogP contribution < -0.4 is 4.74 Å². The van der Waals surface area contributed by atoms with Crippen molar-refractivity contribution < 1.29 is 9.26 Å². The molecule has 2 aromatic rings. The molecule has 1 heterocycles. The van der Waals surface area contributed by atoms with Gasteiger partial charge in [-0.15, -0.1) is 11.6 Å². The highest BCUT2D eigenvalue weighted by Crippen LogP contribution is 2.28. The molecule has 0 bridgehead atoms. The van der Waals surface area contributed by atoms with Crippen LogP contribution in [0.15, 0.2) is 22.7 Å². The maximum atomic E-state index is 5.62. The van der Waals surface area contributed by atoms with Crippen molar-refractivity contribution in [3.8, 4) is 17.1 Å². The molecule has 0 spiro atoms. The third-order valence-corrected chi connectivity index (χ3v) is 2.56. The summed E-state index contributed by atoms with van der Waals surface area (Å²) in [6.45, 7) is 2.00. The minimum atomic E-state index is 0.465. The van der Waals surface area contributed by atoms with Gasteiger partial charge in [-0.05, 0) is 24.6 Å². The lowest BCUT2D eigenvalue weighted by Crippen LogP contribution is -1.91. The van der Waals surface area contributed by atoms with E-state index in [1.54, 1.807) is 7.11 Å². The number of rotatable bonds is 4. The van der Waals surface area contributed by atoms with Crippen LogP contribution in [0.25, 0.3) is 11.4 Å². The summed E-state index contributed by atoms with van der Waals surface area (Å²) in [5.74, 6) is 2.27. The van der Waals surface area contributed by atoms with Crippen LogP contribution in [0.4, 0.5) is 0 Å². The summed E-state index contributed by atoms with van der Waals surface area (Å²) in [5, 5.41) is 3.92. The molecule has 1 aromatic carbocycles. The van der Waals surface area contributed by atoms with Gasteiger partial charge in [0.1, 0.15) is 5.75 Å². The number of aromatic nitrogens is 2. The molecule has 0 N–H and O–H groups in total. The number of methoxy groups -OCH3 is 1. The number of nitrogens with zero attached hydrogens (tertiary/aromatic N) is 2. The Morgan fingerprint density at radius 2 is 2.24 bits per heavy atom. The molecule has 2 rings (SSSR count). The molecule has 0 unspecified atom stereocenters. The van der Waals surface area contributed by atoms with Gasteiger partial charge >= 0.3 is 0 Å². The Balaban J connectivity index is 2.37. The molecular formula is C12H13ClN2O2. The third kappa shape index (κ3) is 2.58. The van der Waals surface area contributed by atoms with Crippen molar-refractivity contribution in [2.75, 3.05) is 13.0 Å². The van der Waals surface area contributed by atoms with Crippen LogP contribution in [0, 0.1) is 6.92 Å². The molecule has 4 nitrogen and oxygen atoms in total. The molecule has 90 valence electrons. The molecule has 0 atom stereocenters. The summed E-state index contributed by atoms with van der Waals surface area (Å²) >= 11 is 5.62. The first kappa shape index (κ1) is 11.9. The lowest BCUT2D eigenvalue weighted by atomic mass is 10.1. The molecule has 0 saturated heterocycles. The van der Waals surface area contributed by atoms with Gasteiger partial charge in [-0.25, -0.2) is 0 Å². The van der Waals surface area contributed by atoms with Crippen LogP contribution in [-0.4, -0.2) is 23.1 Å². The van der Waals surface area contributed by atoms with Crippen molar-refractivity contribution in [1.29, 1.82) is 0 Å². The number of ether oxygens (including phenoxy) is 1. The zero-order valence-electron chi connectivity index (χ0n) is 9.74. The number of halogens is 1. The van der Waals surface area contributed by atoms with Crippen molar-refractivity contribution in [3.63, 3.8) is 0 Å². The van der Waals surface area contributed by atoms with Crippen molar-refractivity contribution in [2.45, 2.75) is 13.3 Å². The predicted octanol–water partition coefficient (Wildman–Crippen LogP) is 2.83. The average molecular weight is 253 g/mol. The first-order chi connectivity index (χ1) is 8.24. The number of benzene rings is 1. The van der Waals surface area contributed by atoms with E-state index < -0.39 is 0 Å². The molecule has 0 radical (unpaired) electrons. The standard InChI is InChI=1S/C12H13ClN2O2/c1-8-3-4-9(10(7-8)16-2)12-14-11(5-6-13)17-15-12/h3-4,7H,5-6H2,1-2H3. The van der Waals surface area contributed by atoms with Crippen molar-refractivity contribution in [1.82, 2.24) is 10.1 Å². The van der Waals surface area contributed by atoms with Gasteiger partial charge in [-0.2, -0.15) is 4.98 Å². The van der Waals surface area contributed by atoms with E-state index in [1.165, 1.54) is 0 Å². The van der Waals surface area contributed by atoms with E-state index in [0.717, 1.165) is 16.9 Å². The number of aryl methyl sites for hydroxylation is 2. The molecule has 5 heteroatoms. The summed E-state index contributed by atoms with van der Waals surface area (Å²) in [7, 11) is 1.62. The molecule has 0 saturated carbocycles. The smallest absolute Gasteiger partial charge is 0.228 e. The van der Waals surface area contributed by atoms with Crippen molar-refractivity contribution >= 4 is 11.6 Å². The number of alkyl halides is 1. The van der Waals surface area contributed by atoms with Gasteiger partial charge in [0.2, 0.25) is 11.7 Å².